The second-order valence-electron chi connectivity index (χ2n) is 5.40. The van der Waals surface area contributed by atoms with Crippen LogP contribution in [-0.2, 0) is 13.2 Å². The summed E-state index contributed by atoms with van der Waals surface area (Å²) in [6.07, 6.45) is 8.45. The molecule has 0 bridgehead atoms. The average Bonchev–Trinajstić information content (AvgIpc) is 2.45. The number of aliphatic hydroxyl groups excluding tert-OH is 1. The van der Waals surface area contributed by atoms with Crippen molar-refractivity contribution in [1.29, 1.82) is 0 Å². The first kappa shape index (κ1) is 13.6. The third kappa shape index (κ3) is 4.11. The van der Waals surface area contributed by atoms with Crippen molar-refractivity contribution in [2.45, 2.75) is 51.7 Å². The van der Waals surface area contributed by atoms with E-state index in [-0.39, 0.29) is 6.61 Å². The number of hydrogen-bond donors (Lipinski definition) is 2. The third-order valence-corrected chi connectivity index (χ3v) is 4.06. The fourth-order valence-corrected chi connectivity index (χ4v) is 2.89. The number of nitrogens with one attached hydrogen (secondary N) is 1. The highest BCUT2D eigenvalue weighted by atomic mass is 16.3. The molecule has 1 saturated carbocycles. The Bertz CT molecular complexity index is 345. The van der Waals surface area contributed by atoms with Gasteiger partial charge in [-0.2, -0.15) is 0 Å². The van der Waals surface area contributed by atoms with Crippen molar-refractivity contribution in [2.24, 2.45) is 5.92 Å². The number of benzene rings is 1. The topological polar surface area (TPSA) is 32.3 Å². The molecule has 100 valence electrons. The van der Waals surface area contributed by atoms with E-state index >= 15 is 0 Å². The molecule has 1 aromatic carbocycles. The van der Waals surface area contributed by atoms with Gasteiger partial charge >= 0.3 is 0 Å². The van der Waals surface area contributed by atoms with Crippen molar-refractivity contribution in [3.8, 4) is 0 Å². The molecule has 18 heavy (non-hydrogen) atoms. The maximum absolute atomic E-state index is 9.25. The Labute approximate surface area is 110 Å². The van der Waals surface area contributed by atoms with E-state index in [1.165, 1.54) is 44.1 Å². The van der Waals surface area contributed by atoms with Crippen LogP contribution in [0.3, 0.4) is 0 Å². The van der Waals surface area contributed by atoms with Crippen LogP contribution in [0, 0.1) is 5.92 Å². The summed E-state index contributed by atoms with van der Waals surface area (Å²) in [6.45, 7) is 2.12. The van der Waals surface area contributed by atoms with Crippen molar-refractivity contribution in [3.05, 3.63) is 35.4 Å². The summed E-state index contributed by atoms with van der Waals surface area (Å²) in [7, 11) is 0. The van der Waals surface area contributed by atoms with Crippen LogP contribution < -0.4 is 5.32 Å². The van der Waals surface area contributed by atoms with Gasteiger partial charge < -0.3 is 10.4 Å². The van der Waals surface area contributed by atoms with Crippen LogP contribution >= 0.6 is 0 Å². The van der Waals surface area contributed by atoms with Crippen molar-refractivity contribution >= 4 is 0 Å². The van der Waals surface area contributed by atoms with Crippen molar-refractivity contribution in [1.82, 2.24) is 5.32 Å². The first-order valence-corrected chi connectivity index (χ1v) is 7.28. The van der Waals surface area contributed by atoms with E-state index in [0.29, 0.717) is 0 Å². The van der Waals surface area contributed by atoms with E-state index in [0.717, 1.165) is 24.6 Å². The monoisotopic (exact) mass is 247 g/mol. The van der Waals surface area contributed by atoms with Gasteiger partial charge in [-0.05, 0) is 30.0 Å². The highest BCUT2D eigenvalue weighted by Gasteiger charge is 2.12. The molecule has 1 aliphatic carbocycles. The molecule has 2 nitrogen and oxygen atoms in total. The van der Waals surface area contributed by atoms with Crippen LogP contribution in [-0.4, -0.2) is 11.7 Å². The van der Waals surface area contributed by atoms with E-state index in [9.17, 15) is 5.11 Å². The van der Waals surface area contributed by atoms with Crippen LogP contribution in [0.1, 0.15) is 49.7 Å². The lowest BCUT2D eigenvalue weighted by atomic mass is 9.87. The third-order valence-electron chi connectivity index (χ3n) is 4.06. The molecule has 2 N–H and O–H groups in total. The van der Waals surface area contributed by atoms with Crippen LogP contribution in [0.25, 0.3) is 0 Å². The van der Waals surface area contributed by atoms with Gasteiger partial charge in [-0.25, -0.2) is 0 Å². The van der Waals surface area contributed by atoms with Crippen LogP contribution in [0.15, 0.2) is 24.3 Å². The van der Waals surface area contributed by atoms with E-state index < -0.39 is 0 Å². The van der Waals surface area contributed by atoms with Gasteiger partial charge in [0.2, 0.25) is 0 Å². The van der Waals surface area contributed by atoms with E-state index in [4.69, 9.17) is 0 Å². The van der Waals surface area contributed by atoms with Crippen molar-refractivity contribution < 1.29 is 5.11 Å². The zero-order chi connectivity index (χ0) is 12.6. The molecule has 1 aliphatic rings. The lowest BCUT2D eigenvalue weighted by molar-refractivity contribution is 0.280. The maximum Gasteiger partial charge on any atom is 0.0685 e. The largest absolute Gasteiger partial charge is 0.392 e. The molecule has 0 aromatic heterocycles. The number of aliphatic hydroxyl groups is 1. The predicted octanol–water partition coefficient (Wildman–Crippen LogP) is 3.24. The fourth-order valence-electron chi connectivity index (χ4n) is 2.89. The summed E-state index contributed by atoms with van der Waals surface area (Å²) >= 11 is 0. The van der Waals surface area contributed by atoms with E-state index in [1.807, 2.05) is 18.2 Å². The van der Waals surface area contributed by atoms with Gasteiger partial charge in [-0.3, -0.25) is 0 Å². The molecule has 0 unspecified atom stereocenters. The first-order chi connectivity index (χ1) is 8.90. The van der Waals surface area contributed by atoms with Gasteiger partial charge in [0, 0.05) is 6.54 Å². The molecule has 0 atom stereocenters. The van der Waals surface area contributed by atoms with Crippen LogP contribution in [0.5, 0.6) is 0 Å². The van der Waals surface area contributed by atoms with Crippen molar-refractivity contribution in [2.75, 3.05) is 6.54 Å². The second-order valence-corrected chi connectivity index (χ2v) is 5.40. The Kier molecular flexibility index (Phi) is 5.69. The second kappa shape index (κ2) is 7.55. The van der Waals surface area contributed by atoms with Crippen molar-refractivity contribution in [3.63, 3.8) is 0 Å². The smallest absolute Gasteiger partial charge is 0.0685 e. The highest BCUT2D eigenvalue weighted by molar-refractivity contribution is 5.26. The predicted molar refractivity (Wildman–Crippen MR) is 75.3 cm³/mol. The van der Waals surface area contributed by atoms with E-state index in [2.05, 4.69) is 11.4 Å². The molecule has 0 saturated heterocycles. The number of hydrogen-bond acceptors (Lipinski definition) is 2. The minimum absolute atomic E-state index is 0.139. The summed E-state index contributed by atoms with van der Waals surface area (Å²) in [5.74, 6) is 0.944. The molecular formula is C16H25NO. The average molecular weight is 247 g/mol. The quantitative estimate of drug-likeness (QED) is 0.756. The standard InChI is InChI=1S/C16H25NO/c18-13-16-9-5-4-8-15(16)12-17-11-10-14-6-2-1-3-7-14/h4-5,8-9,14,17-18H,1-3,6-7,10-13H2. The van der Waals surface area contributed by atoms with Crippen LogP contribution in [0.4, 0.5) is 0 Å². The normalized spacial score (nSPS) is 16.9. The molecule has 0 amide bonds. The molecule has 0 heterocycles. The van der Waals surface area contributed by atoms with Gasteiger partial charge in [-0.1, -0.05) is 56.4 Å². The van der Waals surface area contributed by atoms with Gasteiger partial charge in [-0.15, -0.1) is 0 Å². The zero-order valence-electron chi connectivity index (χ0n) is 11.2. The molecule has 0 aliphatic heterocycles. The van der Waals surface area contributed by atoms with Gasteiger partial charge in [0.15, 0.2) is 0 Å². The molecule has 0 spiro atoms. The Morgan fingerprint density at radius 3 is 2.50 bits per heavy atom. The van der Waals surface area contributed by atoms with Crippen LogP contribution in [0.2, 0.25) is 0 Å². The zero-order valence-corrected chi connectivity index (χ0v) is 11.2. The highest BCUT2D eigenvalue weighted by Crippen LogP contribution is 2.25. The summed E-state index contributed by atoms with van der Waals surface area (Å²) < 4.78 is 0. The summed E-state index contributed by atoms with van der Waals surface area (Å²) in [4.78, 5) is 0. The molecule has 1 fully saturated rings. The molecule has 0 radical (unpaired) electrons. The minimum atomic E-state index is 0.139. The van der Waals surface area contributed by atoms with Gasteiger partial charge in [0.05, 0.1) is 6.61 Å². The first-order valence-electron chi connectivity index (χ1n) is 7.28. The molecule has 2 rings (SSSR count). The molecule has 1 aromatic rings. The maximum atomic E-state index is 9.25. The Morgan fingerprint density at radius 2 is 1.78 bits per heavy atom. The minimum Gasteiger partial charge on any atom is -0.392 e. The summed E-state index contributed by atoms with van der Waals surface area (Å²) in [5.41, 5.74) is 2.27. The lowest BCUT2D eigenvalue weighted by Crippen LogP contribution is -2.19. The molecular weight excluding hydrogens is 222 g/mol. The SMILES string of the molecule is OCc1ccccc1CNCCC1CCCCC1. The lowest BCUT2D eigenvalue weighted by Gasteiger charge is -2.21. The Morgan fingerprint density at radius 1 is 1.06 bits per heavy atom. The Balaban J connectivity index is 1.68. The van der Waals surface area contributed by atoms with Gasteiger partial charge in [0.1, 0.15) is 0 Å². The molecule has 2 heteroatoms. The Hall–Kier alpha value is -0.860. The fraction of sp³-hybridized carbons (Fsp3) is 0.625. The van der Waals surface area contributed by atoms with E-state index in [1.54, 1.807) is 0 Å². The van der Waals surface area contributed by atoms with Gasteiger partial charge in [0.25, 0.3) is 0 Å². The summed E-state index contributed by atoms with van der Waals surface area (Å²) in [5, 5.41) is 12.8. The number of rotatable bonds is 6. The summed E-state index contributed by atoms with van der Waals surface area (Å²) in [6, 6.07) is 8.12.